The molecule has 1 aromatic carbocycles. The Morgan fingerprint density at radius 1 is 1.13 bits per heavy atom. The van der Waals surface area contributed by atoms with E-state index >= 15 is 0 Å². The quantitative estimate of drug-likeness (QED) is 0.648. The lowest BCUT2D eigenvalue weighted by Crippen LogP contribution is -2.14. The van der Waals surface area contributed by atoms with Gasteiger partial charge < -0.3 is 5.11 Å². The highest BCUT2D eigenvalue weighted by atomic mass is 16.4. The average molecular weight is 314 g/mol. The molecule has 2 aromatic heterocycles. The molecule has 0 unspecified atom stereocenters. The fourth-order valence-corrected chi connectivity index (χ4v) is 2.07. The maximum Gasteiger partial charge on any atom is 0.325 e. The third kappa shape index (κ3) is 3.73. The molecule has 3 aromatic rings. The van der Waals surface area contributed by atoms with Gasteiger partial charge in [0.15, 0.2) is 5.82 Å². The Morgan fingerprint density at radius 3 is 2.74 bits per heavy atom. The molecule has 3 rings (SSSR count). The molecule has 0 fully saturated rings. The number of carbonyl (C=O) groups is 1. The van der Waals surface area contributed by atoms with E-state index in [0.29, 0.717) is 31.0 Å². The van der Waals surface area contributed by atoms with Gasteiger partial charge >= 0.3 is 5.97 Å². The molecular formula is C13H14N8O2. The van der Waals surface area contributed by atoms with E-state index in [0.717, 1.165) is 5.56 Å². The lowest BCUT2D eigenvalue weighted by molar-refractivity contribution is -0.138. The SMILES string of the molecule is O=C(O)Cn1nnnc1CCCn1nnc(-c2ccccc2)n1. The van der Waals surface area contributed by atoms with Crippen LogP contribution < -0.4 is 0 Å². The molecular weight excluding hydrogens is 300 g/mol. The number of hydrogen-bond donors (Lipinski definition) is 1. The Morgan fingerprint density at radius 2 is 1.96 bits per heavy atom. The van der Waals surface area contributed by atoms with Crippen molar-refractivity contribution in [1.29, 1.82) is 0 Å². The highest BCUT2D eigenvalue weighted by Crippen LogP contribution is 2.11. The summed E-state index contributed by atoms with van der Waals surface area (Å²) in [4.78, 5) is 12.2. The Bertz CT molecular complexity index is 782. The van der Waals surface area contributed by atoms with Gasteiger partial charge in [0.2, 0.25) is 5.82 Å². The minimum atomic E-state index is -0.982. The number of hydrogen-bond acceptors (Lipinski definition) is 7. The van der Waals surface area contributed by atoms with Gasteiger partial charge in [-0.1, -0.05) is 30.3 Å². The summed E-state index contributed by atoms with van der Waals surface area (Å²) >= 11 is 0. The van der Waals surface area contributed by atoms with Gasteiger partial charge in [0.05, 0.1) is 6.54 Å². The molecule has 1 N–H and O–H groups in total. The van der Waals surface area contributed by atoms with Gasteiger partial charge in [-0.25, -0.2) is 4.68 Å². The van der Waals surface area contributed by atoms with E-state index in [1.165, 1.54) is 9.48 Å². The zero-order valence-corrected chi connectivity index (χ0v) is 12.1. The molecule has 0 bridgehead atoms. The van der Waals surface area contributed by atoms with Crippen molar-refractivity contribution in [2.75, 3.05) is 0 Å². The topological polar surface area (TPSA) is 124 Å². The van der Waals surface area contributed by atoms with Crippen molar-refractivity contribution in [2.45, 2.75) is 25.9 Å². The molecule has 23 heavy (non-hydrogen) atoms. The number of benzene rings is 1. The van der Waals surface area contributed by atoms with Crippen molar-refractivity contribution in [1.82, 2.24) is 40.4 Å². The Kier molecular flexibility index (Phi) is 4.32. The van der Waals surface area contributed by atoms with Crippen molar-refractivity contribution in [2.24, 2.45) is 0 Å². The first kappa shape index (κ1) is 14.8. The second kappa shape index (κ2) is 6.73. The third-order valence-corrected chi connectivity index (χ3v) is 3.13. The molecule has 0 aliphatic rings. The lowest BCUT2D eigenvalue weighted by atomic mass is 10.2. The van der Waals surface area contributed by atoms with E-state index in [9.17, 15) is 4.79 Å². The predicted molar refractivity (Wildman–Crippen MR) is 77.0 cm³/mol. The molecule has 0 aliphatic carbocycles. The minimum absolute atomic E-state index is 0.248. The van der Waals surface area contributed by atoms with E-state index in [2.05, 4.69) is 30.9 Å². The first-order valence-electron chi connectivity index (χ1n) is 7.02. The van der Waals surface area contributed by atoms with Crippen LogP contribution in [0.15, 0.2) is 30.3 Å². The number of aryl methyl sites for hydroxylation is 2. The van der Waals surface area contributed by atoms with Gasteiger partial charge in [-0.3, -0.25) is 4.79 Å². The van der Waals surface area contributed by atoms with E-state index in [4.69, 9.17) is 5.11 Å². The van der Waals surface area contributed by atoms with E-state index < -0.39 is 5.97 Å². The first-order chi connectivity index (χ1) is 11.2. The molecule has 0 radical (unpaired) electrons. The van der Waals surface area contributed by atoms with Crippen LogP contribution >= 0.6 is 0 Å². The number of aromatic nitrogens is 8. The Hall–Kier alpha value is -3.17. The van der Waals surface area contributed by atoms with Gasteiger partial charge in [-0.2, -0.15) is 4.80 Å². The van der Waals surface area contributed by atoms with Crippen molar-refractivity contribution in [3.63, 3.8) is 0 Å². The van der Waals surface area contributed by atoms with Crippen molar-refractivity contribution >= 4 is 5.97 Å². The molecule has 0 saturated heterocycles. The summed E-state index contributed by atoms with van der Waals surface area (Å²) in [7, 11) is 0. The molecule has 10 nitrogen and oxygen atoms in total. The van der Waals surface area contributed by atoms with Crippen LogP contribution in [0.1, 0.15) is 12.2 Å². The minimum Gasteiger partial charge on any atom is -0.480 e. The van der Waals surface area contributed by atoms with Crippen molar-refractivity contribution in [3.05, 3.63) is 36.2 Å². The van der Waals surface area contributed by atoms with Crippen molar-refractivity contribution < 1.29 is 9.90 Å². The summed E-state index contributed by atoms with van der Waals surface area (Å²) < 4.78 is 1.27. The maximum atomic E-state index is 10.7. The normalized spacial score (nSPS) is 10.8. The van der Waals surface area contributed by atoms with Gasteiger partial charge in [0.1, 0.15) is 6.54 Å². The molecule has 0 atom stereocenters. The monoisotopic (exact) mass is 314 g/mol. The molecule has 0 spiro atoms. The van der Waals surface area contributed by atoms with Crippen LogP contribution in [0.5, 0.6) is 0 Å². The zero-order valence-electron chi connectivity index (χ0n) is 12.1. The molecule has 0 aliphatic heterocycles. The lowest BCUT2D eigenvalue weighted by Gasteiger charge is -2.01. The first-order valence-corrected chi connectivity index (χ1v) is 7.02. The van der Waals surface area contributed by atoms with Crippen LogP contribution in [-0.4, -0.2) is 51.5 Å². The average Bonchev–Trinajstić information content (AvgIpc) is 3.18. The van der Waals surface area contributed by atoms with Crippen LogP contribution in [0, 0.1) is 0 Å². The van der Waals surface area contributed by atoms with Gasteiger partial charge in [-0.15, -0.1) is 15.3 Å². The van der Waals surface area contributed by atoms with Crippen LogP contribution in [0.25, 0.3) is 11.4 Å². The van der Waals surface area contributed by atoms with Crippen molar-refractivity contribution in [3.8, 4) is 11.4 Å². The summed E-state index contributed by atoms with van der Waals surface area (Å²) in [6.45, 7) is 0.293. The maximum absolute atomic E-state index is 10.7. The van der Waals surface area contributed by atoms with E-state index in [1.807, 2.05) is 30.3 Å². The smallest absolute Gasteiger partial charge is 0.325 e. The standard InChI is InChI=1S/C13H14N8O2/c22-12(23)9-20-11(14-17-19-20)7-4-8-21-16-13(15-18-21)10-5-2-1-3-6-10/h1-3,5-6H,4,7-9H2,(H,22,23). The summed E-state index contributed by atoms with van der Waals surface area (Å²) in [5, 5.41) is 32.1. The summed E-state index contributed by atoms with van der Waals surface area (Å²) in [6.07, 6.45) is 1.20. The Labute approximate surface area is 130 Å². The van der Waals surface area contributed by atoms with E-state index in [-0.39, 0.29) is 6.54 Å². The van der Waals surface area contributed by atoms with Crippen LogP contribution in [0.3, 0.4) is 0 Å². The predicted octanol–water partition coefficient (Wildman–Crippen LogP) is 0.0440. The zero-order chi connectivity index (χ0) is 16.1. The third-order valence-electron chi connectivity index (χ3n) is 3.13. The molecule has 118 valence electrons. The second-order valence-corrected chi connectivity index (χ2v) is 4.83. The van der Waals surface area contributed by atoms with Gasteiger partial charge in [0.25, 0.3) is 0 Å². The molecule has 10 heteroatoms. The molecule has 2 heterocycles. The summed E-state index contributed by atoms with van der Waals surface area (Å²) in [5.41, 5.74) is 0.907. The van der Waals surface area contributed by atoms with Crippen LogP contribution in [-0.2, 0) is 24.3 Å². The largest absolute Gasteiger partial charge is 0.480 e. The number of rotatable bonds is 7. The number of nitrogens with zero attached hydrogens (tertiary/aromatic N) is 8. The highest BCUT2D eigenvalue weighted by Gasteiger charge is 2.10. The summed E-state index contributed by atoms with van der Waals surface area (Å²) in [5.74, 6) is 0.112. The number of aliphatic carboxylic acids is 1. The number of carboxylic acid groups (broad SMARTS) is 1. The highest BCUT2D eigenvalue weighted by molar-refractivity contribution is 5.66. The van der Waals surface area contributed by atoms with Gasteiger partial charge in [-0.05, 0) is 22.1 Å². The van der Waals surface area contributed by atoms with Gasteiger partial charge in [0, 0.05) is 12.0 Å². The summed E-state index contributed by atoms with van der Waals surface area (Å²) in [6, 6.07) is 9.59. The fourth-order valence-electron chi connectivity index (χ4n) is 2.07. The molecule has 0 saturated carbocycles. The van der Waals surface area contributed by atoms with Crippen LogP contribution in [0.4, 0.5) is 0 Å². The number of tetrazole rings is 2. The molecule has 0 amide bonds. The second-order valence-electron chi connectivity index (χ2n) is 4.83. The van der Waals surface area contributed by atoms with Crippen LogP contribution in [0.2, 0.25) is 0 Å². The Balaban J connectivity index is 1.57. The van der Waals surface area contributed by atoms with E-state index in [1.54, 1.807) is 0 Å². The number of carboxylic acids is 1. The fraction of sp³-hybridized carbons (Fsp3) is 0.308.